The maximum absolute atomic E-state index is 13.9. The van der Waals surface area contributed by atoms with E-state index in [0.717, 1.165) is 64.8 Å². The molecule has 4 rings (SSSR count). The first-order valence-corrected chi connectivity index (χ1v) is 15.6. The summed E-state index contributed by atoms with van der Waals surface area (Å²) in [5.41, 5.74) is 3.90. The highest BCUT2D eigenvalue weighted by atomic mass is 79.9. The Hall–Kier alpha value is -2.98. The van der Waals surface area contributed by atoms with E-state index in [0.29, 0.717) is 34.8 Å². The molecule has 2 aromatic carbocycles. The molecule has 3 aromatic rings. The summed E-state index contributed by atoms with van der Waals surface area (Å²) in [6, 6.07) is 11.1. The number of nitrogens with zero attached hydrogens (tertiary/aromatic N) is 3. The number of rotatable bonds is 13. The van der Waals surface area contributed by atoms with Crippen LogP contribution in [-0.2, 0) is 4.79 Å². The van der Waals surface area contributed by atoms with Gasteiger partial charge in [-0.3, -0.25) is 4.79 Å². The van der Waals surface area contributed by atoms with Crippen molar-refractivity contribution in [3.63, 3.8) is 0 Å². The number of anilines is 2. The fourth-order valence-electron chi connectivity index (χ4n) is 4.59. The second-order valence-electron chi connectivity index (χ2n) is 9.84. The predicted octanol–water partition coefficient (Wildman–Crippen LogP) is 7.75. The number of benzene rings is 2. The lowest BCUT2D eigenvalue weighted by Crippen LogP contribution is -2.31. The summed E-state index contributed by atoms with van der Waals surface area (Å²) in [6.45, 7) is 8.83. The van der Waals surface area contributed by atoms with E-state index < -0.39 is 6.04 Å². The highest BCUT2D eigenvalue weighted by Crippen LogP contribution is 2.43. The van der Waals surface area contributed by atoms with Crippen LogP contribution < -0.4 is 20.1 Å². The number of aromatic nitrogens is 3. The highest BCUT2D eigenvalue weighted by molar-refractivity contribution is 9.10. The SMILES string of the molecule is CCCCCOc1c(Br)cc(C2C(C(=O)Nc3cccc(C)c3)=C(C)Nc3nc(SCCCC)nn32)cc1OC. The zero-order chi connectivity index (χ0) is 28.6. The van der Waals surface area contributed by atoms with Crippen LogP contribution in [0.1, 0.15) is 70.0 Å². The van der Waals surface area contributed by atoms with Crippen LogP contribution in [0.3, 0.4) is 0 Å². The van der Waals surface area contributed by atoms with Crippen LogP contribution in [-0.4, -0.2) is 40.1 Å². The van der Waals surface area contributed by atoms with Gasteiger partial charge in [0.15, 0.2) is 11.5 Å². The summed E-state index contributed by atoms with van der Waals surface area (Å²) >= 11 is 5.33. The summed E-state index contributed by atoms with van der Waals surface area (Å²) in [4.78, 5) is 18.6. The second-order valence-corrected chi connectivity index (χ2v) is 11.8. The molecule has 0 bridgehead atoms. The quantitative estimate of drug-likeness (QED) is 0.148. The van der Waals surface area contributed by atoms with Gasteiger partial charge in [0.2, 0.25) is 11.1 Å². The lowest BCUT2D eigenvalue weighted by Gasteiger charge is -2.29. The zero-order valence-corrected chi connectivity index (χ0v) is 26.2. The lowest BCUT2D eigenvalue weighted by molar-refractivity contribution is -0.113. The molecular formula is C30H38BrN5O3S. The van der Waals surface area contributed by atoms with Crippen LogP contribution in [0.4, 0.5) is 11.6 Å². The van der Waals surface area contributed by atoms with Gasteiger partial charge in [0, 0.05) is 17.1 Å². The first-order chi connectivity index (χ1) is 19.4. The Balaban J connectivity index is 1.76. The molecule has 0 spiro atoms. The van der Waals surface area contributed by atoms with Gasteiger partial charge < -0.3 is 20.1 Å². The molecule has 1 unspecified atom stereocenters. The average Bonchev–Trinajstić information content (AvgIpc) is 3.32. The fourth-order valence-corrected chi connectivity index (χ4v) is 6.07. The molecule has 1 aliphatic heterocycles. The Morgan fingerprint density at radius 2 is 1.95 bits per heavy atom. The predicted molar refractivity (Wildman–Crippen MR) is 166 cm³/mol. The first kappa shape index (κ1) is 30.0. The Labute approximate surface area is 249 Å². The molecule has 8 nitrogen and oxygen atoms in total. The summed E-state index contributed by atoms with van der Waals surface area (Å²) in [5, 5.41) is 11.9. The number of aryl methyl sites for hydroxylation is 1. The monoisotopic (exact) mass is 627 g/mol. The highest BCUT2D eigenvalue weighted by Gasteiger charge is 2.35. The molecule has 1 amide bonds. The van der Waals surface area contributed by atoms with Gasteiger partial charge in [-0.1, -0.05) is 57.0 Å². The molecule has 0 fully saturated rings. The van der Waals surface area contributed by atoms with E-state index in [9.17, 15) is 4.79 Å². The molecule has 10 heteroatoms. The summed E-state index contributed by atoms with van der Waals surface area (Å²) in [6.07, 6.45) is 5.37. The van der Waals surface area contributed by atoms with Crippen molar-refractivity contribution in [3.8, 4) is 11.5 Å². The maximum atomic E-state index is 13.9. The van der Waals surface area contributed by atoms with Gasteiger partial charge in [0.1, 0.15) is 6.04 Å². The number of amides is 1. The largest absolute Gasteiger partial charge is 0.493 e. The number of carbonyl (C=O) groups excluding carboxylic acids is 1. The van der Waals surface area contributed by atoms with Crippen molar-refractivity contribution in [3.05, 3.63) is 63.3 Å². The number of halogens is 1. The van der Waals surface area contributed by atoms with E-state index in [2.05, 4.69) is 40.4 Å². The van der Waals surface area contributed by atoms with Crippen molar-refractivity contribution in [1.29, 1.82) is 0 Å². The molecule has 0 aliphatic carbocycles. The minimum absolute atomic E-state index is 0.211. The van der Waals surface area contributed by atoms with E-state index in [4.69, 9.17) is 19.6 Å². The average molecular weight is 629 g/mol. The minimum Gasteiger partial charge on any atom is -0.493 e. The van der Waals surface area contributed by atoms with Crippen molar-refractivity contribution < 1.29 is 14.3 Å². The summed E-state index contributed by atoms with van der Waals surface area (Å²) in [7, 11) is 1.63. The number of ether oxygens (including phenoxy) is 2. The lowest BCUT2D eigenvalue weighted by atomic mass is 9.94. The van der Waals surface area contributed by atoms with Gasteiger partial charge in [-0.15, -0.1) is 5.10 Å². The van der Waals surface area contributed by atoms with Crippen molar-refractivity contribution in [1.82, 2.24) is 14.8 Å². The molecule has 2 N–H and O–H groups in total. The number of allylic oxidation sites excluding steroid dienone is 1. The van der Waals surface area contributed by atoms with Gasteiger partial charge >= 0.3 is 0 Å². The van der Waals surface area contributed by atoms with Crippen molar-refractivity contribution >= 4 is 45.2 Å². The third-order valence-corrected chi connectivity index (χ3v) is 8.16. The Morgan fingerprint density at radius 3 is 2.67 bits per heavy atom. The molecule has 0 saturated carbocycles. The zero-order valence-electron chi connectivity index (χ0n) is 23.8. The molecule has 1 atom stereocenters. The number of nitrogens with one attached hydrogen (secondary N) is 2. The van der Waals surface area contributed by atoms with Gasteiger partial charge in [-0.25, -0.2) is 4.68 Å². The number of thioether (sulfide) groups is 1. The number of fused-ring (bicyclic) bond motifs is 1. The van der Waals surface area contributed by atoms with E-state index in [1.54, 1.807) is 23.6 Å². The van der Waals surface area contributed by atoms with Gasteiger partial charge in [0.05, 0.1) is 23.8 Å². The molecule has 1 aliphatic rings. The van der Waals surface area contributed by atoms with E-state index in [1.807, 2.05) is 50.2 Å². The van der Waals surface area contributed by atoms with Crippen LogP contribution in [0, 0.1) is 6.92 Å². The maximum Gasteiger partial charge on any atom is 0.255 e. The number of hydrogen-bond donors (Lipinski definition) is 2. The number of methoxy groups -OCH3 is 1. The van der Waals surface area contributed by atoms with Crippen LogP contribution >= 0.6 is 27.7 Å². The van der Waals surface area contributed by atoms with Crippen molar-refractivity contribution in [2.45, 2.75) is 71.0 Å². The van der Waals surface area contributed by atoms with Crippen LogP contribution in [0.25, 0.3) is 0 Å². The number of carbonyl (C=O) groups is 1. The van der Waals surface area contributed by atoms with Crippen molar-refractivity contribution in [2.75, 3.05) is 30.1 Å². The molecule has 214 valence electrons. The molecular weight excluding hydrogens is 590 g/mol. The molecule has 2 heterocycles. The topological polar surface area (TPSA) is 90.3 Å². The molecule has 0 radical (unpaired) electrons. The number of unbranched alkanes of at least 4 members (excludes halogenated alkanes) is 3. The number of hydrogen-bond acceptors (Lipinski definition) is 7. The molecule has 0 saturated heterocycles. The first-order valence-electron chi connectivity index (χ1n) is 13.8. The van der Waals surface area contributed by atoms with Crippen LogP contribution in [0.2, 0.25) is 0 Å². The van der Waals surface area contributed by atoms with Crippen LogP contribution in [0.15, 0.2) is 57.3 Å². The standard InChI is InChI=1S/C30H38BrN5O3S/c1-6-8-10-14-39-27-23(31)17-21(18-24(27)38-5)26-25(28(37)33-22-13-11-12-19(3)16-22)20(4)32-29-34-30(35-36(26)29)40-15-9-7-2/h11-13,16-18,26H,6-10,14-15H2,1-5H3,(H,33,37)(H,32,34,35). The van der Waals surface area contributed by atoms with Crippen LogP contribution in [0.5, 0.6) is 11.5 Å². The summed E-state index contributed by atoms with van der Waals surface area (Å²) in [5.74, 6) is 2.56. The van der Waals surface area contributed by atoms with Gasteiger partial charge in [-0.05, 0) is 78.0 Å². The molecule has 1 aromatic heterocycles. The van der Waals surface area contributed by atoms with Crippen molar-refractivity contribution in [2.24, 2.45) is 0 Å². The third kappa shape index (κ3) is 7.01. The Bertz CT molecular complexity index is 1370. The Kier molecular flexibility index (Phi) is 10.6. The molecule has 40 heavy (non-hydrogen) atoms. The van der Waals surface area contributed by atoms with E-state index in [1.165, 1.54) is 0 Å². The minimum atomic E-state index is -0.534. The van der Waals surface area contributed by atoms with Gasteiger partial charge in [-0.2, -0.15) is 4.98 Å². The Morgan fingerprint density at radius 1 is 1.15 bits per heavy atom. The summed E-state index contributed by atoms with van der Waals surface area (Å²) < 4.78 is 14.4. The van der Waals surface area contributed by atoms with E-state index in [-0.39, 0.29) is 5.91 Å². The second kappa shape index (κ2) is 14.1. The van der Waals surface area contributed by atoms with Gasteiger partial charge in [0.25, 0.3) is 5.91 Å². The third-order valence-electron chi connectivity index (χ3n) is 6.64. The normalized spacial score (nSPS) is 14.5. The van der Waals surface area contributed by atoms with E-state index >= 15 is 0 Å². The smallest absolute Gasteiger partial charge is 0.255 e. The fraction of sp³-hybridized carbons (Fsp3) is 0.433.